The first-order valence-corrected chi connectivity index (χ1v) is 9.65. The van der Waals surface area contributed by atoms with Crippen LogP contribution in [0.1, 0.15) is 20.8 Å². The topological polar surface area (TPSA) is 0 Å². The van der Waals surface area contributed by atoms with Crippen molar-refractivity contribution < 1.29 is 28.1 Å². The van der Waals surface area contributed by atoms with Crippen LogP contribution < -0.4 is 39.9 Å². The number of halogens is 1. The van der Waals surface area contributed by atoms with Crippen molar-refractivity contribution in [2.45, 2.75) is 20.8 Å². The average molecular weight is 449 g/mol. The molecule has 24 heavy (non-hydrogen) atoms. The van der Waals surface area contributed by atoms with Crippen LogP contribution in [0.25, 0.3) is 0 Å². The maximum Gasteiger partial charge on any atom is 0.109 e. The fourth-order valence-corrected chi connectivity index (χ4v) is 5.44. The molecule has 0 amide bonds. The van der Waals surface area contributed by atoms with Crippen molar-refractivity contribution in [2.24, 2.45) is 0 Å². The molecule has 0 N–H and O–H groups in total. The summed E-state index contributed by atoms with van der Waals surface area (Å²) in [6.07, 6.45) is 0. The number of rotatable bonds is 3. The third-order valence-electron chi connectivity index (χ3n) is 4.26. The van der Waals surface area contributed by atoms with Crippen LogP contribution in [-0.2, 0) is 0 Å². The van der Waals surface area contributed by atoms with Gasteiger partial charge in [0.15, 0.2) is 0 Å². The molecule has 0 heterocycles. The Labute approximate surface area is 167 Å². The molecule has 0 aliphatic rings. The van der Waals surface area contributed by atoms with Crippen LogP contribution in [0.5, 0.6) is 0 Å². The van der Waals surface area contributed by atoms with Gasteiger partial charge in [-0.15, -0.1) is 0 Å². The lowest BCUT2D eigenvalue weighted by Crippen LogP contribution is -3.00. The Bertz CT molecular complexity index is 772. The molecule has 0 aliphatic heterocycles. The van der Waals surface area contributed by atoms with Crippen LogP contribution in [0.15, 0.2) is 72.8 Å². The van der Waals surface area contributed by atoms with E-state index in [1.54, 1.807) is 0 Å². The minimum Gasteiger partial charge on any atom is -1.00 e. The molecule has 0 nitrogen and oxygen atoms in total. The van der Waals surface area contributed by atoms with E-state index in [2.05, 4.69) is 0 Å². The van der Waals surface area contributed by atoms with Gasteiger partial charge in [0.1, 0.15) is 23.2 Å². The zero-order chi connectivity index (χ0) is 18.9. The van der Waals surface area contributed by atoms with Crippen LogP contribution in [-0.4, -0.2) is 6.59 Å². The van der Waals surface area contributed by atoms with Gasteiger partial charge in [-0.2, -0.15) is 0 Å². The van der Waals surface area contributed by atoms with Gasteiger partial charge in [0, 0.05) is 0 Å². The molecular formula is C22H24IP. The summed E-state index contributed by atoms with van der Waals surface area (Å²) < 4.78 is 25.8. The Morgan fingerprint density at radius 2 is 0.792 bits per heavy atom. The van der Waals surface area contributed by atoms with E-state index in [0.717, 1.165) is 32.6 Å². The molecule has 0 aliphatic carbocycles. The highest BCUT2D eigenvalue weighted by Gasteiger charge is 2.39. The molecule has 0 bridgehead atoms. The van der Waals surface area contributed by atoms with E-state index in [1.807, 2.05) is 93.6 Å². The smallest absolute Gasteiger partial charge is 0.109 e. The summed E-state index contributed by atoms with van der Waals surface area (Å²) in [7, 11) is -2.80. The first-order valence-electron chi connectivity index (χ1n) is 9.36. The van der Waals surface area contributed by atoms with Gasteiger partial charge in [0.05, 0.1) is 10.7 Å². The quantitative estimate of drug-likeness (QED) is 0.421. The first-order chi connectivity index (χ1) is 12.2. The number of aryl methyl sites for hydroxylation is 3. The van der Waals surface area contributed by atoms with Gasteiger partial charge in [-0.3, -0.25) is 0 Å². The summed E-state index contributed by atoms with van der Waals surface area (Å²) >= 11 is 0. The van der Waals surface area contributed by atoms with Crippen molar-refractivity contribution in [2.75, 3.05) is 6.59 Å². The van der Waals surface area contributed by atoms with Gasteiger partial charge in [-0.1, -0.05) is 53.1 Å². The van der Waals surface area contributed by atoms with Gasteiger partial charge in [0.2, 0.25) is 0 Å². The van der Waals surface area contributed by atoms with E-state index in [4.69, 9.17) is 4.11 Å². The van der Waals surface area contributed by atoms with Gasteiger partial charge >= 0.3 is 0 Å². The Kier molecular flexibility index (Phi) is 4.91. The fraction of sp³-hybridized carbons (Fsp3) is 0.182. The Morgan fingerprint density at radius 3 is 1.00 bits per heavy atom. The molecule has 2 heteroatoms. The molecule has 124 valence electrons. The average Bonchev–Trinajstić information content (AvgIpc) is 2.59. The molecular weight excluding hydrogens is 422 g/mol. The van der Waals surface area contributed by atoms with E-state index in [1.165, 1.54) is 0 Å². The Balaban J connectivity index is 0.00000261. The molecule has 0 aromatic heterocycles. The highest BCUT2D eigenvalue weighted by molar-refractivity contribution is 7.95. The summed E-state index contributed by atoms with van der Waals surface area (Å²) in [5.41, 5.74) is 3.39. The standard InChI is InChI=1S/C22H24P.HI/c1-17-5-11-20(12-6-17)23(4,21-13-7-18(2)8-14-21)22-15-9-19(3)10-16-22;/h5-16H,1-4H3;1H/q+1;/p-1/i4D3;. The predicted molar refractivity (Wildman–Crippen MR) is 105 cm³/mol. The monoisotopic (exact) mass is 449 g/mol. The fourth-order valence-electron chi connectivity index (χ4n) is 2.75. The van der Waals surface area contributed by atoms with Crippen LogP contribution in [0.4, 0.5) is 0 Å². The Morgan fingerprint density at radius 1 is 0.542 bits per heavy atom. The van der Waals surface area contributed by atoms with E-state index in [9.17, 15) is 0 Å². The van der Waals surface area contributed by atoms with Crippen LogP contribution in [0.3, 0.4) is 0 Å². The first kappa shape index (κ1) is 15.1. The molecule has 0 saturated carbocycles. The van der Waals surface area contributed by atoms with E-state index >= 15 is 0 Å². The number of hydrogen-bond acceptors (Lipinski definition) is 0. The second-order valence-electron chi connectivity index (χ2n) is 6.18. The summed E-state index contributed by atoms with van der Waals surface area (Å²) in [5.74, 6) is 0. The summed E-state index contributed by atoms with van der Waals surface area (Å²) in [6, 6.07) is 24.0. The van der Waals surface area contributed by atoms with Gasteiger partial charge in [-0.25, -0.2) is 0 Å². The highest BCUT2D eigenvalue weighted by atomic mass is 127. The second kappa shape index (κ2) is 7.80. The zero-order valence-corrected chi connectivity index (χ0v) is 17.3. The van der Waals surface area contributed by atoms with Gasteiger partial charge < -0.3 is 24.0 Å². The van der Waals surface area contributed by atoms with E-state index < -0.39 is 13.9 Å². The van der Waals surface area contributed by atoms with E-state index in [0.29, 0.717) is 0 Å². The van der Waals surface area contributed by atoms with Crippen molar-refractivity contribution in [1.29, 1.82) is 0 Å². The van der Waals surface area contributed by atoms with Crippen molar-refractivity contribution >= 4 is 23.2 Å². The number of hydrogen-bond donors (Lipinski definition) is 0. The number of benzene rings is 3. The molecule has 3 aromatic carbocycles. The van der Waals surface area contributed by atoms with Gasteiger partial charge in [0.25, 0.3) is 0 Å². The lowest BCUT2D eigenvalue weighted by Gasteiger charge is -2.23. The second-order valence-corrected chi connectivity index (χ2v) is 9.07. The largest absolute Gasteiger partial charge is 1.00 e. The molecule has 0 unspecified atom stereocenters. The Hall–Kier alpha value is -1.18. The van der Waals surface area contributed by atoms with Crippen molar-refractivity contribution in [3.05, 3.63) is 89.5 Å². The summed E-state index contributed by atoms with van der Waals surface area (Å²) in [4.78, 5) is 0. The molecule has 0 fully saturated rings. The lowest BCUT2D eigenvalue weighted by atomic mass is 10.2. The molecule has 3 aromatic rings. The summed E-state index contributed by atoms with van der Waals surface area (Å²) in [5, 5.41) is 2.70. The minimum absolute atomic E-state index is 0. The third-order valence-corrected chi connectivity index (χ3v) is 7.48. The molecule has 0 radical (unpaired) electrons. The molecule has 0 saturated heterocycles. The predicted octanol–water partition coefficient (Wildman–Crippen LogP) is 1.54. The molecule has 0 spiro atoms. The van der Waals surface area contributed by atoms with Crippen molar-refractivity contribution in [1.82, 2.24) is 0 Å². The molecule has 0 atom stereocenters. The third kappa shape index (κ3) is 3.73. The zero-order valence-electron chi connectivity index (χ0n) is 17.3. The van der Waals surface area contributed by atoms with Crippen LogP contribution >= 0.6 is 7.26 Å². The maximum atomic E-state index is 8.59. The minimum atomic E-state index is -2.80. The summed E-state index contributed by atoms with van der Waals surface area (Å²) in [6.45, 7) is 3.94. The van der Waals surface area contributed by atoms with Crippen molar-refractivity contribution in [3.63, 3.8) is 0 Å². The lowest BCUT2D eigenvalue weighted by molar-refractivity contribution is -0.00000479. The molecule has 3 rings (SSSR count). The van der Waals surface area contributed by atoms with Gasteiger partial charge in [-0.05, 0) is 57.2 Å². The normalized spacial score (nSPS) is 13.4. The van der Waals surface area contributed by atoms with E-state index in [-0.39, 0.29) is 24.0 Å². The van der Waals surface area contributed by atoms with Crippen molar-refractivity contribution in [3.8, 4) is 0 Å². The van der Waals surface area contributed by atoms with Crippen LogP contribution in [0.2, 0.25) is 0 Å². The maximum absolute atomic E-state index is 8.59. The SMILES string of the molecule is [2H]C([2H])([2H])[P+](c1ccc(C)cc1)(c1ccc(C)cc1)c1ccc(C)cc1.[I-]. The highest BCUT2D eigenvalue weighted by Crippen LogP contribution is 2.51. The van der Waals surface area contributed by atoms with Crippen LogP contribution in [0, 0.1) is 20.8 Å².